The lowest BCUT2D eigenvalue weighted by molar-refractivity contribution is -0.927. The van der Waals surface area contributed by atoms with E-state index in [-0.39, 0.29) is 0 Å². The maximum Gasteiger partial charge on any atom is 0.395 e. The standard InChI is InChI=1S/C6H19NO12P4/c1-3-7(4-2,5(20(8,9)10)21(11,12)13)6(22(14,15)16)23(17,18)19/h5-6H,3-4H2,1-2H3,(H7-,8,9,10,11,12,13,14,15,16,17,18,19)/p+1. The molecule has 0 amide bonds. The molecule has 0 saturated carbocycles. The molecule has 140 valence electrons. The summed E-state index contributed by atoms with van der Waals surface area (Å²) in [4.78, 5) is 74.3. The highest BCUT2D eigenvalue weighted by molar-refractivity contribution is 7.71. The maximum absolute atomic E-state index is 11.6. The topological polar surface area (TPSA) is 230 Å². The van der Waals surface area contributed by atoms with Gasteiger partial charge < -0.3 is 39.1 Å². The molecule has 0 aliphatic heterocycles. The number of hydrogen-bond acceptors (Lipinski definition) is 4. The van der Waals surface area contributed by atoms with Gasteiger partial charge in [0.2, 0.25) is 0 Å². The van der Waals surface area contributed by atoms with Gasteiger partial charge in [0, 0.05) is 0 Å². The molecular weight excluding hydrogens is 402 g/mol. The van der Waals surface area contributed by atoms with Gasteiger partial charge in [-0.3, -0.25) is 22.7 Å². The van der Waals surface area contributed by atoms with Crippen molar-refractivity contribution in [2.75, 3.05) is 13.1 Å². The third-order valence-corrected chi connectivity index (χ3v) is 11.2. The molecule has 0 spiro atoms. The first-order valence-corrected chi connectivity index (χ1v) is 12.7. The lowest BCUT2D eigenvalue weighted by Gasteiger charge is -2.47. The fraction of sp³-hybridized carbons (Fsp3) is 1.00. The molecule has 0 fully saturated rings. The summed E-state index contributed by atoms with van der Waals surface area (Å²) in [5.74, 6) is 0. The second kappa shape index (κ2) is 7.05. The van der Waals surface area contributed by atoms with E-state index in [4.69, 9.17) is 0 Å². The molecular formula is C6H20NO12P4+. The number of nitrogens with zero attached hydrogens (tertiary/aromatic N) is 1. The normalized spacial score (nSPS) is 15.5. The molecule has 0 aromatic carbocycles. The zero-order valence-electron chi connectivity index (χ0n) is 12.0. The summed E-state index contributed by atoms with van der Waals surface area (Å²) in [6.45, 7) is 0.552. The third kappa shape index (κ3) is 5.26. The molecule has 0 unspecified atom stereocenters. The van der Waals surface area contributed by atoms with Gasteiger partial charge in [-0.05, 0) is 13.8 Å². The Labute approximate surface area is 131 Å². The van der Waals surface area contributed by atoms with Crippen molar-refractivity contribution in [3.63, 3.8) is 0 Å². The van der Waals surface area contributed by atoms with Crippen molar-refractivity contribution in [3.8, 4) is 0 Å². The highest BCUT2D eigenvalue weighted by atomic mass is 31.2. The smallest absolute Gasteiger partial charge is 0.320 e. The minimum absolute atomic E-state index is 0.766. The second-order valence-electron chi connectivity index (χ2n) is 4.78. The van der Waals surface area contributed by atoms with Crippen LogP contribution in [0.4, 0.5) is 0 Å². The van der Waals surface area contributed by atoms with E-state index in [1.165, 1.54) is 0 Å². The summed E-state index contributed by atoms with van der Waals surface area (Å²) in [6.07, 6.45) is 0. The Bertz CT molecular complexity index is 511. The van der Waals surface area contributed by atoms with E-state index in [0.717, 1.165) is 13.8 Å². The number of hydrogen-bond donors (Lipinski definition) is 8. The zero-order chi connectivity index (χ0) is 19.1. The Kier molecular flexibility index (Phi) is 7.22. The van der Waals surface area contributed by atoms with Crippen molar-refractivity contribution < 1.29 is 61.9 Å². The van der Waals surface area contributed by atoms with Gasteiger partial charge in [0.15, 0.2) is 0 Å². The Morgan fingerprint density at radius 3 is 0.870 bits per heavy atom. The largest absolute Gasteiger partial charge is 0.395 e. The molecule has 0 atom stereocenters. The molecule has 0 aromatic heterocycles. The molecule has 0 bridgehead atoms. The lowest BCUT2D eigenvalue weighted by atomic mass is 10.5. The molecule has 17 heteroatoms. The van der Waals surface area contributed by atoms with Crippen LogP contribution in [-0.2, 0) is 18.3 Å². The van der Waals surface area contributed by atoms with Crippen LogP contribution in [0.1, 0.15) is 13.8 Å². The summed E-state index contributed by atoms with van der Waals surface area (Å²) in [6, 6.07) is 0. The van der Waals surface area contributed by atoms with Gasteiger partial charge >= 0.3 is 30.4 Å². The second-order valence-corrected chi connectivity index (χ2v) is 12.3. The highest BCUT2D eigenvalue weighted by Gasteiger charge is 2.68. The molecule has 0 rings (SSSR count). The van der Waals surface area contributed by atoms with Crippen molar-refractivity contribution in [1.29, 1.82) is 0 Å². The average Bonchev–Trinajstić information content (AvgIpc) is 2.19. The van der Waals surface area contributed by atoms with E-state index >= 15 is 0 Å². The van der Waals surface area contributed by atoms with Crippen LogP contribution < -0.4 is 0 Å². The van der Waals surface area contributed by atoms with Crippen LogP contribution in [0, 0.1) is 0 Å². The minimum atomic E-state index is -5.72. The van der Waals surface area contributed by atoms with Gasteiger partial charge in [0.1, 0.15) is 0 Å². The molecule has 0 heterocycles. The molecule has 0 aromatic rings. The first kappa shape index (κ1) is 23.6. The Morgan fingerprint density at radius 1 is 0.609 bits per heavy atom. The summed E-state index contributed by atoms with van der Waals surface area (Å²) in [5.41, 5.74) is -6.06. The summed E-state index contributed by atoms with van der Waals surface area (Å²) in [5, 5.41) is 0. The minimum Gasteiger partial charge on any atom is -0.320 e. The van der Waals surface area contributed by atoms with Gasteiger partial charge in [-0.2, -0.15) is 0 Å². The summed E-state index contributed by atoms with van der Waals surface area (Å²) >= 11 is 0. The van der Waals surface area contributed by atoms with Crippen molar-refractivity contribution in [1.82, 2.24) is 0 Å². The van der Waals surface area contributed by atoms with Crippen molar-refractivity contribution in [3.05, 3.63) is 0 Å². The van der Waals surface area contributed by atoms with Crippen LogP contribution in [0.2, 0.25) is 0 Å². The monoisotopic (exact) mass is 422 g/mol. The van der Waals surface area contributed by atoms with E-state index in [1.807, 2.05) is 0 Å². The van der Waals surface area contributed by atoms with Gasteiger partial charge in [-0.25, -0.2) is 0 Å². The van der Waals surface area contributed by atoms with Crippen molar-refractivity contribution >= 4 is 30.4 Å². The van der Waals surface area contributed by atoms with E-state index in [0.29, 0.717) is 0 Å². The Balaban J connectivity index is 6.94. The first-order chi connectivity index (χ1) is 9.85. The molecule has 23 heavy (non-hydrogen) atoms. The molecule has 13 nitrogen and oxygen atoms in total. The first-order valence-electron chi connectivity index (χ1n) is 5.93. The van der Waals surface area contributed by atoms with Gasteiger partial charge in [0.05, 0.1) is 13.1 Å². The lowest BCUT2D eigenvalue weighted by Crippen LogP contribution is -2.60. The van der Waals surface area contributed by atoms with Gasteiger partial charge in [-0.1, -0.05) is 0 Å². The van der Waals surface area contributed by atoms with Gasteiger partial charge in [-0.15, -0.1) is 0 Å². The van der Waals surface area contributed by atoms with Crippen LogP contribution in [-0.4, -0.2) is 67.8 Å². The van der Waals surface area contributed by atoms with E-state index in [2.05, 4.69) is 0 Å². The fourth-order valence-corrected chi connectivity index (χ4v) is 10.4. The summed E-state index contributed by atoms with van der Waals surface area (Å²) in [7, 11) is -22.9. The Hall–Kier alpha value is 0.560. The predicted molar refractivity (Wildman–Crippen MR) is 77.1 cm³/mol. The zero-order valence-corrected chi connectivity index (χ0v) is 15.6. The van der Waals surface area contributed by atoms with E-state index in [1.54, 1.807) is 0 Å². The van der Waals surface area contributed by atoms with Crippen LogP contribution in [0.25, 0.3) is 0 Å². The SMILES string of the molecule is CC[N+](CC)(C(P(=O)(O)O)P(=O)(O)O)C(P(=O)(O)O)P(=O)(O)O. The molecule has 0 aliphatic rings. The molecule has 8 N–H and O–H groups in total. The maximum atomic E-state index is 11.6. The van der Waals surface area contributed by atoms with E-state index < -0.39 is 59.0 Å². The number of rotatable bonds is 8. The molecule has 0 saturated heterocycles. The quantitative estimate of drug-likeness (QED) is 0.176. The third-order valence-electron chi connectivity index (χ3n) is 3.30. The predicted octanol–water partition coefficient (Wildman–Crippen LogP) is -0.879. The van der Waals surface area contributed by atoms with Crippen LogP contribution in [0.3, 0.4) is 0 Å². The van der Waals surface area contributed by atoms with Gasteiger partial charge in [0.25, 0.3) is 11.0 Å². The average molecular weight is 422 g/mol. The fourth-order valence-electron chi connectivity index (χ4n) is 2.59. The van der Waals surface area contributed by atoms with Crippen molar-refractivity contribution in [2.24, 2.45) is 0 Å². The van der Waals surface area contributed by atoms with Crippen LogP contribution in [0.5, 0.6) is 0 Å². The van der Waals surface area contributed by atoms with Crippen LogP contribution >= 0.6 is 30.4 Å². The Morgan fingerprint density at radius 2 is 0.783 bits per heavy atom. The summed E-state index contributed by atoms with van der Waals surface area (Å²) < 4.78 is 44.5. The molecule has 0 aliphatic carbocycles. The van der Waals surface area contributed by atoms with Crippen LogP contribution in [0.15, 0.2) is 0 Å². The van der Waals surface area contributed by atoms with E-state index in [9.17, 15) is 57.4 Å². The molecule has 0 radical (unpaired) electrons. The number of quaternary nitrogens is 1. The van der Waals surface area contributed by atoms with Crippen molar-refractivity contribution in [2.45, 2.75) is 24.9 Å². The highest BCUT2D eigenvalue weighted by Crippen LogP contribution is 2.71.